The highest BCUT2D eigenvalue weighted by molar-refractivity contribution is 5.85. The highest BCUT2D eigenvalue weighted by Crippen LogP contribution is 2.25. The molecule has 1 fully saturated rings. The smallest absolute Gasteiger partial charge is 0.258 e. The molecule has 0 aromatic heterocycles. The highest BCUT2D eigenvalue weighted by Gasteiger charge is 2.23. The summed E-state index contributed by atoms with van der Waals surface area (Å²) < 4.78 is 10.7. The molecule has 2 aromatic rings. The lowest BCUT2D eigenvalue weighted by Crippen LogP contribution is -2.38. The van der Waals surface area contributed by atoms with Gasteiger partial charge in [-0.1, -0.05) is 29.8 Å². The number of aryl methyl sites for hydroxylation is 1. The molecule has 1 amide bonds. The van der Waals surface area contributed by atoms with Gasteiger partial charge in [0.2, 0.25) is 0 Å². The first-order valence-electron chi connectivity index (χ1n) is 9.50. The Hall–Kier alpha value is -2.24. The summed E-state index contributed by atoms with van der Waals surface area (Å²) >= 11 is 0. The van der Waals surface area contributed by atoms with Crippen LogP contribution in [0.5, 0.6) is 11.5 Å². The molecule has 1 aliphatic rings. The minimum Gasteiger partial charge on any atom is -0.497 e. The zero-order valence-electron chi connectivity index (χ0n) is 16.5. The van der Waals surface area contributed by atoms with E-state index in [2.05, 4.69) is 41.4 Å². The van der Waals surface area contributed by atoms with E-state index in [-0.39, 0.29) is 31.0 Å². The molecule has 5 nitrogen and oxygen atoms in total. The van der Waals surface area contributed by atoms with Crippen LogP contribution in [0.2, 0.25) is 0 Å². The Morgan fingerprint density at radius 3 is 2.25 bits per heavy atom. The third kappa shape index (κ3) is 6.14. The van der Waals surface area contributed by atoms with Gasteiger partial charge in [0.05, 0.1) is 13.2 Å². The van der Waals surface area contributed by atoms with Crippen molar-refractivity contribution in [1.82, 2.24) is 10.2 Å². The van der Waals surface area contributed by atoms with E-state index in [9.17, 15) is 4.79 Å². The van der Waals surface area contributed by atoms with Crippen molar-refractivity contribution < 1.29 is 14.3 Å². The van der Waals surface area contributed by atoms with Crippen molar-refractivity contribution in [3.05, 3.63) is 59.7 Å². The Morgan fingerprint density at radius 1 is 1.04 bits per heavy atom. The van der Waals surface area contributed by atoms with E-state index in [1.54, 1.807) is 19.2 Å². The van der Waals surface area contributed by atoms with Crippen molar-refractivity contribution in [2.75, 3.05) is 33.4 Å². The number of hydrogen-bond acceptors (Lipinski definition) is 4. The van der Waals surface area contributed by atoms with Crippen LogP contribution in [-0.2, 0) is 4.79 Å². The van der Waals surface area contributed by atoms with Gasteiger partial charge in [-0.3, -0.25) is 9.69 Å². The first kappa shape index (κ1) is 22.1. The van der Waals surface area contributed by atoms with E-state index in [1.807, 2.05) is 12.1 Å². The van der Waals surface area contributed by atoms with E-state index >= 15 is 0 Å². The topological polar surface area (TPSA) is 50.8 Å². The van der Waals surface area contributed by atoms with Crippen LogP contribution in [0.3, 0.4) is 0 Å². The molecule has 0 radical (unpaired) electrons. The molecule has 1 saturated heterocycles. The molecular weight excluding hydrogens is 376 g/mol. The number of benzene rings is 2. The lowest BCUT2D eigenvalue weighted by Gasteiger charge is -2.28. The molecule has 152 valence electrons. The van der Waals surface area contributed by atoms with Crippen molar-refractivity contribution >= 4 is 18.3 Å². The third-order valence-corrected chi connectivity index (χ3v) is 4.97. The second kappa shape index (κ2) is 10.9. The van der Waals surface area contributed by atoms with Crippen LogP contribution in [-0.4, -0.2) is 44.2 Å². The number of carbonyl (C=O) groups excluding carboxylic acids is 1. The summed E-state index contributed by atoms with van der Waals surface area (Å²) in [6, 6.07) is 16.0. The second-order valence-electron chi connectivity index (χ2n) is 6.94. The SMILES string of the molecule is COc1ccc(OCC(=O)NCC(c2ccc(C)cc2)N2CCCC2)cc1.Cl. The van der Waals surface area contributed by atoms with Gasteiger partial charge < -0.3 is 14.8 Å². The number of hydrogen-bond donors (Lipinski definition) is 1. The summed E-state index contributed by atoms with van der Waals surface area (Å²) in [4.78, 5) is 14.7. The minimum atomic E-state index is -0.109. The summed E-state index contributed by atoms with van der Waals surface area (Å²) in [6.07, 6.45) is 2.44. The number of nitrogens with one attached hydrogen (secondary N) is 1. The first-order valence-corrected chi connectivity index (χ1v) is 9.50. The first-order chi connectivity index (χ1) is 13.2. The Morgan fingerprint density at radius 2 is 1.64 bits per heavy atom. The standard InChI is InChI=1S/C22H28N2O3.ClH/c1-17-5-7-18(8-6-17)21(24-13-3-4-14-24)15-23-22(25)16-27-20-11-9-19(26-2)10-12-20;/h5-12,21H,3-4,13-16H2,1-2H3,(H,23,25);1H. The van der Waals surface area contributed by atoms with Crippen LogP contribution in [0.15, 0.2) is 48.5 Å². The van der Waals surface area contributed by atoms with Gasteiger partial charge in [-0.05, 0) is 62.7 Å². The van der Waals surface area contributed by atoms with Gasteiger partial charge in [0.15, 0.2) is 6.61 Å². The summed E-state index contributed by atoms with van der Waals surface area (Å²) in [5.41, 5.74) is 2.50. The zero-order chi connectivity index (χ0) is 19.1. The minimum absolute atomic E-state index is 0. The molecule has 1 unspecified atom stereocenters. The molecule has 0 aliphatic carbocycles. The van der Waals surface area contributed by atoms with Crippen LogP contribution < -0.4 is 14.8 Å². The molecule has 0 saturated carbocycles. The summed E-state index contributed by atoms with van der Waals surface area (Å²) in [5, 5.41) is 3.04. The average Bonchev–Trinajstić information content (AvgIpc) is 3.23. The van der Waals surface area contributed by atoms with Crippen molar-refractivity contribution in [3.8, 4) is 11.5 Å². The number of ether oxygens (including phenoxy) is 2. The molecule has 1 aliphatic heterocycles. The van der Waals surface area contributed by atoms with Crippen LogP contribution >= 0.6 is 12.4 Å². The molecule has 0 bridgehead atoms. The van der Waals surface area contributed by atoms with Crippen molar-refractivity contribution in [2.45, 2.75) is 25.8 Å². The van der Waals surface area contributed by atoms with E-state index in [0.717, 1.165) is 18.8 Å². The van der Waals surface area contributed by atoms with Gasteiger partial charge in [0, 0.05) is 6.54 Å². The average molecular weight is 405 g/mol. The summed E-state index contributed by atoms with van der Waals surface area (Å²) in [6.45, 7) is 4.85. The number of nitrogens with zero attached hydrogens (tertiary/aromatic N) is 1. The van der Waals surface area contributed by atoms with Gasteiger partial charge in [0.25, 0.3) is 5.91 Å². The molecule has 1 heterocycles. The number of amides is 1. The molecule has 28 heavy (non-hydrogen) atoms. The van der Waals surface area contributed by atoms with Crippen molar-refractivity contribution in [1.29, 1.82) is 0 Å². The van der Waals surface area contributed by atoms with E-state index in [1.165, 1.54) is 24.0 Å². The molecule has 2 aromatic carbocycles. The molecule has 3 rings (SSSR count). The number of methoxy groups -OCH3 is 1. The fourth-order valence-corrected chi connectivity index (χ4v) is 3.38. The largest absolute Gasteiger partial charge is 0.497 e. The Bertz CT molecular complexity index is 728. The van der Waals surface area contributed by atoms with E-state index in [4.69, 9.17) is 9.47 Å². The van der Waals surface area contributed by atoms with Crippen LogP contribution in [0.1, 0.15) is 30.0 Å². The van der Waals surface area contributed by atoms with Gasteiger partial charge in [-0.25, -0.2) is 0 Å². The van der Waals surface area contributed by atoms with Gasteiger partial charge >= 0.3 is 0 Å². The fraction of sp³-hybridized carbons (Fsp3) is 0.409. The predicted molar refractivity (Wildman–Crippen MR) is 113 cm³/mol. The predicted octanol–water partition coefficient (Wildman–Crippen LogP) is 3.76. The number of halogens is 1. The van der Waals surface area contributed by atoms with Crippen molar-refractivity contribution in [3.63, 3.8) is 0 Å². The van der Waals surface area contributed by atoms with Crippen molar-refractivity contribution in [2.24, 2.45) is 0 Å². The Kier molecular flexibility index (Phi) is 8.61. The van der Waals surface area contributed by atoms with E-state index in [0.29, 0.717) is 12.3 Å². The van der Waals surface area contributed by atoms with Gasteiger partial charge in [-0.15, -0.1) is 12.4 Å². The summed E-state index contributed by atoms with van der Waals surface area (Å²) in [5.74, 6) is 1.31. The highest BCUT2D eigenvalue weighted by atomic mass is 35.5. The van der Waals surface area contributed by atoms with Gasteiger partial charge in [0.1, 0.15) is 11.5 Å². The second-order valence-corrected chi connectivity index (χ2v) is 6.94. The van der Waals surface area contributed by atoms with E-state index < -0.39 is 0 Å². The molecule has 1 atom stereocenters. The normalized spacial score (nSPS) is 14.8. The molecular formula is C22H29ClN2O3. The zero-order valence-corrected chi connectivity index (χ0v) is 17.3. The number of rotatable bonds is 8. The molecule has 1 N–H and O–H groups in total. The molecule has 6 heteroatoms. The number of carbonyl (C=O) groups is 1. The lowest BCUT2D eigenvalue weighted by molar-refractivity contribution is -0.123. The Balaban J connectivity index is 0.00000280. The monoisotopic (exact) mass is 404 g/mol. The van der Waals surface area contributed by atoms with Crippen LogP contribution in [0.25, 0.3) is 0 Å². The molecule has 0 spiro atoms. The maximum absolute atomic E-state index is 12.3. The van der Waals surface area contributed by atoms with Crippen LogP contribution in [0.4, 0.5) is 0 Å². The fourth-order valence-electron chi connectivity index (χ4n) is 3.38. The van der Waals surface area contributed by atoms with Crippen LogP contribution in [0, 0.1) is 6.92 Å². The Labute approximate surface area is 173 Å². The summed E-state index contributed by atoms with van der Waals surface area (Å²) in [7, 11) is 1.62. The third-order valence-electron chi connectivity index (χ3n) is 4.97. The lowest BCUT2D eigenvalue weighted by atomic mass is 10.0. The maximum atomic E-state index is 12.3. The van der Waals surface area contributed by atoms with Gasteiger partial charge in [-0.2, -0.15) is 0 Å². The quantitative estimate of drug-likeness (QED) is 0.727. The number of likely N-dealkylation sites (tertiary alicyclic amines) is 1. The maximum Gasteiger partial charge on any atom is 0.258 e.